The molecule has 0 bridgehead atoms. The second-order valence-electron chi connectivity index (χ2n) is 4.36. The Labute approximate surface area is 107 Å². The molecule has 1 amide bonds. The summed E-state index contributed by atoms with van der Waals surface area (Å²) in [5.74, 6) is -4.35. The predicted molar refractivity (Wildman–Crippen MR) is 60.5 cm³/mol. The summed E-state index contributed by atoms with van der Waals surface area (Å²) in [6.45, 7) is 0.347. The normalized spacial score (nSPS) is 18.6. The number of nitrogens with zero attached hydrogens (tertiary/aromatic N) is 2. The number of amides is 1. The Bertz CT molecular complexity index is 522. The monoisotopic (exact) mass is 270 g/mol. The van der Waals surface area contributed by atoms with Gasteiger partial charge in [0.1, 0.15) is 0 Å². The molecule has 0 spiro atoms. The molecule has 0 aliphatic carbocycles. The van der Waals surface area contributed by atoms with Gasteiger partial charge in [0, 0.05) is 18.8 Å². The molecular weight excluding hydrogens is 258 g/mol. The fraction of sp³-hybridized carbons (Fsp3) is 0.417. The van der Waals surface area contributed by atoms with E-state index in [1.54, 1.807) is 0 Å². The van der Waals surface area contributed by atoms with Crippen molar-refractivity contribution < 1.29 is 23.5 Å². The van der Waals surface area contributed by atoms with E-state index in [2.05, 4.69) is 4.98 Å². The SMILES string of the molecule is O=C(O)CC1CCCN1C(=O)c1ccnc(F)c1F. The fourth-order valence-electron chi connectivity index (χ4n) is 2.25. The summed E-state index contributed by atoms with van der Waals surface area (Å²) >= 11 is 0. The van der Waals surface area contributed by atoms with E-state index in [4.69, 9.17) is 5.11 Å². The van der Waals surface area contributed by atoms with Gasteiger partial charge in [0.25, 0.3) is 5.91 Å². The molecule has 1 N–H and O–H groups in total. The molecule has 1 saturated heterocycles. The van der Waals surface area contributed by atoms with Crippen LogP contribution in [0.1, 0.15) is 29.6 Å². The maximum atomic E-state index is 13.5. The van der Waals surface area contributed by atoms with E-state index in [1.165, 1.54) is 4.90 Å². The van der Waals surface area contributed by atoms with E-state index in [1.807, 2.05) is 0 Å². The van der Waals surface area contributed by atoms with Crippen LogP contribution in [-0.4, -0.2) is 39.5 Å². The maximum absolute atomic E-state index is 13.5. The lowest BCUT2D eigenvalue weighted by molar-refractivity contribution is -0.137. The standard InChI is InChI=1S/C12H12F2N2O3/c13-10-8(3-4-15-11(10)14)12(19)16-5-1-2-7(16)6-9(17)18/h3-4,7H,1-2,5-6H2,(H,17,18). The van der Waals surface area contributed by atoms with Crippen LogP contribution in [0.25, 0.3) is 0 Å². The molecule has 2 rings (SSSR count). The van der Waals surface area contributed by atoms with Crippen molar-refractivity contribution in [3.63, 3.8) is 0 Å². The molecule has 0 radical (unpaired) electrons. The van der Waals surface area contributed by atoms with Crippen molar-refractivity contribution in [2.24, 2.45) is 0 Å². The molecule has 1 atom stereocenters. The van der Waals surface area contributed by atoms with Crippen molar-refractivity contribution in [3.05, 3.63) is 29.6 Å². The minimum Gasteiger partial charge on any atom is -0.481 e. The van der Waals surface area contributed by atoms with Gasteiger partial charge in [-0.15, -0.1) is 0 Å². The Kier molecular flexibility index (Phi) is 3.73. The minimum atomic E-state index is -1.33. The molecule has 1 aliphatic heterocycles. The van der Waals surface area contributed by atoms with Crippen LogP contribution < -0.4 is 0 Å². The van der Waals surface area contributed by atoms with Crippen LogP contribution in [0.15, 0.2) is 12.3 Å². The number of aromatic nitrogens is 1. The summed E-state index contributed by atoms with van der Waals surface area (Å²) in [7, 11) is 0. The number of carboxylic acid groups (broad SMARTS) is 1. The number of hydrogen-bond acceptors (Lipinski definition) is 3. The lowest BCUT2D eigenvalue weighted by Crippen LogP contribution is -2.37. The maximum Gasteiger partial charge on any atom is 0.305 e. The van der Waals surface area contributed by atoms with Gasteiger partial charge in [-0.3, -0.25) is 9.59 Å². The Morgan fingerprint density at radius 2 is 2.21 bits per heavy atom. The number of aliphatic carboxylic acids is 1. The van der Waals surface area contributed by atoms with E-state index >= 15 is 0 Å². The highest BCUT2D eigenvalue weighted by atomic mass is 19.2. The second-order valence-corrected chi connectivity index (χ2v) is 4.36. The average Bonchev–Trinajstić information content (AvgIpc) is 2.79. The third-order valence-electron chi connectivity index (χ3n) is 3.13. The zero-order valence-electron chi connectivity index (χ0n) is 9.97. The third kappa shape index (κ3) is 2.69. The number of hydrogen-bond donors (Lipinski definition) is 1. The smallest absolute Gasteiger partial charge is 0.305 e. The molecule has 1 aromatic heterocycles. The zero-order valence-corrected chi connectivity index (χ0v) is 9.97. The van der Waals surface area contributed by atoms with Crippen molar-refractivity contribution >= 4 is 11.9 Å². The number of halogens is 2. The molecule has 1 unspecified atom stereocenters. The van der Waals surface area contributed by atoms with Gasteiger partial charge in [-0.05, 0) is 18.9 Å². The lowest BCUT2D eigenvalue weighted by Gasteiger charge is -2.23. The molecular formula is C12H12F2N2O3. The quantitative estimate of drug-likeness (QED) is 0.844. The summed E-state index contributed by atoms with van der Waals surface area (Å²) in [5, 5.41) is 8.76. The van der Waals surface area contributed by atoms with Gasteiger partial charge in [-0.1, -0.05) is 0 Å². The van der Waals surface area contributed by atoms with Crippen molar-refractivity contribution in [2.45, 2.75) is 25.3 Å². The van der Waals surface area contributed by atoms with Crippen LogP contribution in [0, 0.1) is 11.8 Å². The van der Waals surface area contributed by atoms with Crippen LogP contribution in [0.2, 0.25) is 0 Å². The number of carbonyl (C=O) groups excluding carboxylic acids is 1. The highest BCUT2D eigenvalue weighted by molar-refractivity contribution is 5.95. The van der Waals surface area contributed by atoms with Gasteiger partial charge in [0.2, 0.25) is 5.95 Å². The molecule has 2 heterocycles. The molecule has 0 saturated carbocycles. The molecule has 5 nitrogen and oxygen atoms in total. The Hall–Kier alpha value is -2.05. The average molecular weight is 270 g/mol. The van der Waals surface area contributed by atoms with Crippen LogP contribution >= 0.6 is 0 Å². The summed E-state index contributed by atoms with van der Waals surface area (Å²) in [4.78, 5) is 27.2. The summed E-state index contributed by atoms with van der Waals surface area (Å²) in [6, 6.07) is 0.622. The van der Waals surface area contributed by atoms with Crippen molar-refractivity contribution in [2.75, 3.05) is 6.54 Å². The number of pyridine rings is 1. The summed E-state index contributed by atoms with van der Waals surface area (Å²) < 4.78 is 26.5. The number of rotatable bonds is 3. The molecule has 102 valence electrons. The van der Waals surface area contributed by atoms with E-state index in [0.29, 0.717) is 19.4 Å². The first kappa shape index (κ1) is 13.4. The van der Waals surface area contributed by atoms with Crippen molar-refractivity contribution in [1.82, 2.24) is 9.88 Å². The topological polar surface area (TPSA) is 70.5 Å². The third-order valence-corrected chi connectivity index (χ3v) is 3.13. The molecule has 1 aliphatic rings. The van der Waals surface area contributed by atoms with Crippen LogP contribution in [0.5, 0.6) is 0 Å². The van der Waals surface area contributed by atoms with Gasteiger partial charge in [0.15, 0.2) is 5.82 Å². The lowest BCUT2D eigenvalue weighted by atomic mass is 10.1. The fourth-order valence-corrected chi connectivity index (χ4v) is 2.25. The first-order chi connectivity index (χ1) is 9.00. The highest BCUT2D eigenvalue weighted by Gasteiger charge is 2.32. The molecule has 1 aromatic rings. The van der Waals surface area contributed by atoms with Crippen LogP contribution in [0.4, 0.5) is 8.78 Å². The van der Waals surface area contributed by atoms with E-state index in [9.17, 15) is 18.4 Å². The van der Waals surface area contributed by atoms with Crippen LogP contribution in [0.3, 0.4) is 0 Å². The molecule has 7 heteroatoms. The van der Waals surface area contributed by atoms with Gasteiger partial charge in [-0.25, -0.2) is 9.37 Å². The largest absolute Gasteiger partial charge is 0.481 e. The van der Waals surface area contributed by atoms with E-state index < -0.39 is 35.2 Å². The van der Waals surface area contributed by atoms with Gasteiger partial charge in [0.05, 0.1) is 12.0 Å². The van der Waals surface area contributed by atoms with E-state index in [0.717, 1.165) is 12.3 Å². The second kappa shape index (κ2) is 5.29. The summed E-state index contributed by atoms with van der Waals surface area (Å²) in [5.41, 5.74) is -0.412. The Morgan fingerprint density at radius 1 is 1.47 bits per heavy atom. The zero-order chi connectivity index (χ0) is 14.0. The van der Waals surface area contributed by atoms with Crippen molar-refractivity contribution in [1.29, 1.82) is 0 Å². The van der Waals surface area contributed by atoms with Gasteiger partial charge >= 0.3 is 5.97 Å². The first-order valence-corrected chi connectivity index (χ1v) is 5.83. The molecule has 19 heavy (non-hydrogen) atoms. The van der Waals surface area contributed by atoms with Gasteiger partial charge in [-0.2, -0.15) is 4.39 Å². The molecule has 1 fully saturated rings. The minimum absolute atomic E-state index is 0.194. The van der Waals surface area contributed by atoms with Gasteiger partial charge < -0.3 is 10.0 Å². The predicted octanol–water partition coefficient (Wildman–Crippen LogP) is 1.44. The Morgan fingerprint density at radius 3 is 2.89 bits per heavy atom. The summed E-state index contributed by atoms with van der Waals surface area (Å²) in [6.07, 6.45) is 2.01. The van der Waals surface area contributed by atoms with Crippen LogP contribution in [-0.2, 0) is 4.79 Å². The van der Waals surface area contributed by atoms with Crippen molar-refractivity contribution in [3.8, 4) is 0 Å². The number of likely N-dealkylation sites (tertiary alicyclic amines) is 1. The molecule has 0 aromatic carbocycles. The van der Waals surface area contributed by atoms with E-state index in [-0.39, 0.29) is 6.42 Å². The first-order valence-electron chi connectivity index (χ1n) is 5.83. The number of carboxylic acids is 1. The highest BCUT2D eigenvalue weighted by Crippen LogP contribution is 2.23. The Balaban J connectivity index is 2.23. The number of carbonyl (C=O) groups is 2.